The van der Waals surface area contributed by atoms with Gasteiger partial charge >= 0.3 is 0 Å². The predicted octanol–water partition coefficient (Wildman–Crippen LogP) is 1.78. The van der Waals surface area contributed by atoms with Crippen LogP contribution in [0.2, 0.25) is 0 Å². The lowest BCUT2D eigenvalue weighted by atomic mass is 10.1. The van der Waals surface area contributed by atoms with Crippen molar-refractivity contribution >= 4 is 26.8 Å². The minimum absolute atomic E-state index is 0.0694. The van der Waals surface area contributed by atoms with Crippen LogP contribution in [0.1, 0.15) is 28.7 Å². The van der Waals surface area contributed by atoms with Gasteiger partial charge in [0.1, 0.15) is 5.82 Å². The van der Waals surface area contributed by atoms with Crippen molar-refractivity contribution in [2.45, 2.75) is 24.8 Å². The fraction of sp³-hybridized carbons (Fsp3) is 0.348. The molecule has 2 aromatic carbocycles. The molecule has 9 nitrogen and oxygen atoms in total. The molecule has 0 aliphatic carbocycles. The molecule has 0 radical (unpaired) electrons. The average Bonchev–Trinajstić information content (AvgIpc) is 2.83. The number of carbonyl (C=O) groups excluding carboxylic acids is 1. The summed E-state index contributed by atoms with van der Waals surface area (Å²) >= 11 is 0. The molecule has 1 fully saturated rings. The Morgan fingerprint density at radius 2 is 1.91 bits per heavy atom. The molecule has 2 heterocycles. The summed E-state index contributed by atoms with van der Waals surface area (Å²) in [5, 5.41) is 0.475. The Morgan fingerprint density at radius 1 is 1.18 bits per heavy atom. The van der Waals surface area contributed by atoms with E-state index < -0.39 is 10.0 Å². The number of benzene rings is 2. The van der Waals surface area contributed by atoms with E-state index in [4.69, 9.17) is 4.74 Å². The van der Waals surface area contributed by atoms with Gasteiger partial charge in [0.15, 0.2) is 0 Å². The van der Waals surface area contributed by atoms with Gasteiger partial charge in [-0.25, -0.2) is 13.4 Å². The van der Waals surface area contributed by atoms with Crippen molar-refractivity contribution in [3.8, 4) is 0 Å². The number of sulfonamides is 1. The zero-order valence-electron chi connectivity index (χ0n) is 18.6. The monoisotopic (exact) mass is 470 g/mol. The second-order valence-electron chi connectivity index (χ2n) is 7.88. The number of rotatable bonds is 6. The van der Waals surface area contributed by atoms with Crippen LogP contribution in [-0.4, -0.2) is 66.8 Å². The highest BCUT2D eigenvalue weighted by atomic mass is 32.2. The number of nitrogens with one attached hydrogen (secondary N) is 1. The number of H-pyrrole nitrogens is 1. The zero-order valence-corrected chi connectivity index (χ0v) is 19.4. The van der Waals surface area contributed by atoms with Crippen molar-refractivity contribution in [2.75, 3.05) is 33.4 Å². The van der Waals surface area contributed by atoms with Gasteiger partial charge in [-0.1, -0.05) is 25.1 Å². The normalized spacial score (nSPS) is 15.0. The molecule has 1 aliphatic heterocycles. The molecule has 0 bridgehead atoms. The predicted molar refractivity (Wildman–Crippen MR) is 124 cm³/mol. The van der Waals surface area contributed by atoms with Gasteiger partial charge in [0.05, 0.1) is 35.6 Å². The van der Waals surface area contributed by atoms with Crippen LogP contribution < -0.4 is 5.56 Å². The first kappa shape index (κ1) is 23.1. The van der Waals surface area contributed by atoms with E-state index in [9.17, 15) is 18.0 Å². The Balaban J connectivity index is 1.61. The van der Waals surface area contributed by atoms with E-state index in [0.29, 0.717) is 41.9 Å². The van der Waals surface area contributed by atoms with Gasteiger partial charge in [-0.05, 0) is 36.2 Å². The maximum Gasteiger partial charge on any atom is 0.258 e. The molecule has 1 amide bonds. The van der Waals surface area contributed by atoms with Crippen LogP contribution >= 0.6 is 0 Å². The van der Waals surface area contributed by atoms with Crippen molar-refractivity contribution < 1.29 is 17.9 Å². The van der Waals surface area contributed by atoms with Crippen LogP contribution in [0.15, 0.2) is 52.2 Å². The van der Waals surface area contributed by atoms with Gasteiger partial charge in [-0.15, -0.1) is 0 Å². The van der Waals surface area contributed by atoms with Crippen LogP contribution in [0.4, 0.5) is 0 Å². The van der Waals surface area contributed by atoms with E-state index in [2.05, 4.69) is 9.97 Å². The number of hydrogen-bond donors (Lipinski definition) is 1. The maximum absolute atomic E-state index is 13.3. The SMILES string of the molecule is CCc1ccc(C(=O)N(C)Cc2nc3ccccc3c(=O)[nH]2)cc1S(=O)(=O)N1CCOCC1. The first-order chi connectivity index (χ1) is 15.8. The van der Waals surface area contributed by atoms with Crippen molar-refractivity contribution in [1.82, 2.24) is 19.2 Å². The number of carbonyl (C=O) groups is 1. The summed E-state index contributed by atoms with van der Waals surface area (Å²) in [5.74, 6) is -0.0206. The molecule has 1 aromatic heterocycles. The molecule has 174 valence electrons. The van der Waals surface area contributed by atoms with Gasteiger partial charge in [-0.2, -0.15) is 4.31 Å². The lowest BCUT2D eigenvalue weighted by Crippen LogP contribution is -2.41. The Labute approximate surface area is 192 Å². The highest BCUT2D eigenvalue weighted by molar-refractivity contribution is 7.89. The third-order valence-corrected chi connectivity index (χ3v) is 7.66. The number of ether oxygens (including phenoxy) is 1. The summed E-state index contributed by atoms with van der Waals surface area (Å²) in [4.78, 5) is 34.1. The van der Waals surface area contributed by atoms with Gasteiger partial charge in [0.2, 0.25) is 10.0 Å². The number of aromatic amines is 1. The average molecular weight is 471 g/mol. The third-order valence-electron chi connectivity index (χ3n) is 5.68. The number of nitrogens with zero attached hydrogens (tertiary/aromatic N) is 3. The number of aryl methyl sites for hydroxylation is 1. The molecule has 1 saturated heterocycles. The van der Waals surface area contributed by atoms with E-state index in [1.54, 1.807) is 43.4 Å². The molecule has 1 N–H and O–H groups in total. The van der Waals surface area contributed by atoms with E-state index in [1.807, 2.05) is 6.92 Å². The number of morpholine rings is 1. The topological polar surface area (TPSA) is 113 Å². The Hall–Kier alpha value is -3.08. The Morgan fingerprint density at radius 3 is 2.64 bits per heavy atom. The summed E-state index contributed by atoms with van der Waals surface area (Å²) in [7, 11) is -2.17. The molecule has 33 heavy (non-hydrogen) atoms. The molecule has 1 aliphatic rings. The lowest BCUT2D eigenvalue weighted by molar-refractivity contribution is 0.0729. The van der Waals surface area contributed by atoms with E-state index in [-0.39, 0.29) is 41.6 Å². The summed E-state index contributed by atoms with van der Waals surface area (Å²) in [6.45, 7) is 3.20. The standard InChI is InChI=1S/C23H26N4O5S/c1-3-16-8-9-17(14-20(16)33(30,31)27-10-12-32-13-11-27)23(29)26(2)15-21-24-19-7-5-4-6-18(19)22(28)25-21/h4-9,14H,3,10-13,15H2,1-2H3,(H,24,25,28). The molecule has 0 saturated carbocycles. The van der Waals surface area contributed by atoms with Crippen LogP contribution in [0.25, 0.3) is 10.9 Å². The lowest BCUT2D eigenvalue weighted by Gasteiger charge is -2.27. The van der Waals surface area contributed by atoms with Gasteiger partial charge < -0.3 is 14.6 Å². The van der Waals surface area contributed by atoms with Crippen LogP contribution in [0, 0.1) is 0 Å². The summed E-state index contributed by atoms with van der Waals surface area (Å²) in [5.41, 5.74) is 1.18. The van der Waals surface area contributed by atoms with Crippen molar-refractivity contribution in [2.24, 2.45) is 0 Å². The summed E-state index contributed by atoms with van der Waals surface area (Å²) in [6.07, 6.45) is 0.519. The second kappa shape index (κ2) is 9.42. The Kier molecular flexibility index (Phi) is 6.59. The smallest absolute Gasteiger partial charge is 0.258 e. The molecule has 4 rings (SSSR count). The fourth-order valence-corrected chi connectivity index (χ4v) is 5.60. The number of aromatic nitrogens is 2. The molecule has 3 aromatic rings. The van der Waals surface area contributed by atoms with E-state index in [1.165, 1.54) is 15.3 Å². The highest BCUT2D eigenvalue weighted by Gasteiger charge is 2.29. The molecule has 0 atom stereocenters. The largest absolute Gasteiger partial charge is 0.379 e. The van der Waals surface area contributed by atoms with Crippen LogP contribution in [0.5, 0.6) is 0 Å². The summed E-state index contributed by atoms with van der Waals surface area (Å²) < 4.78 is 33.2. The number of fused-ring (bicyclic) bond motifs is 1. The minimum Gasteiger partial charge on any atom is -0.379 e. The zero-order chi connectivity index (χ0) is 23.6. The van der Waals surface area contributed by atoms with Crippen LogP contribution in [-0.2, 0) is 27.7 Å². The number of amides is 1. The fourth-order valence-electron chi connectivity index (χ4n) is 3.87. The van der Waals surface area contributed by atoms with Gasteiger partial charge in [0.25, 0.3) is 11.5 Å². The maximum atomic E-state index is 13.3. The molecular formula is C23H26N4O5S. The number of hydrogen-bond acceptors (Lipinski definition) is 6. The second-order valence-corrected chi connectivity index (χ2v) is 9.79. The van der Waals surface area contributed by atoms with E-state index in [0.717, 1.165) is 0 Å². The van der Waals surface area contributed by atoms with Crippen molar-refractivity contribution in [3.05, 3.63) is 69.8 Å². The van der Waals surface area contributed by atoms with Crippen LogP contribution in [0.3, 0.4) is 0 Å². The first-order valence-electron chi connectivity index (χ1n) is 10.8. The first-order valence-corrected chi connectivity index (χ1v) is 12.2. The van der Waals surface area contributed by atoms with Gasteiger partial charge in [0, 0.05) is 25.7 Å². The van der Waals surface area contributed by atoms with E-state index >= 15 is 0 Å². The third kappa shape index (κ3) is 4.68. The molecule has 10 heteroatoms. The Bertz CT molecular complexity index is 1350. The molecule has 0 unspecified atom stereocenters. The molecular weight excluding hydrogens is 444 g/mol. The molecule has 0 spiro atoms. The van der Waals surface area contributed by atoms with Gasteiger partial charge in [-0.3, -0.25) is 9.59 Å². The minimum atomic E-state index is -3.75. The van der Waals surface area contributed by atoms with Crippen molar-refractivity contribution in [3.63, 3.8) is 0 Å². The number of para-hydroxylation sites is 1. The quantitative estimate of drug-likeness (QED) is 0.588. The highest BCUT2D eigenvalue weighted by Crippen LogP contribution is 2.24. The summed E-state index contributed by atoms with van der Waals surface area (Å²) in [6, 6.07) is 11.7. The van der Waals surface area contributed by atoms with Crippen molar-refractivity contribution in [1.29, 1.82) is 0 Å².